The summed E-state index contributed by atoms with van der Waals surface area (Å²) in [5, 5.41) is 4.20. The minimum absolute atomic E-state index is 0.0713. The lowest BCUT2D eigenvalue weighted by Gasteiger charge is -2.29. The van der Waals surface area contributed by atoms with E-state index in [1.165, 1.54) is 11.1 Å². The highest BCUT2D eigenvalue weighted by Crippen LogP contribution is 2.39. The minimum Gasteiger partial charge on any atom is -0.495 e. The maximum atomic E-state index is 6.33. The molecule has 0 aliphatic carbocycles. The van der Waals surface area contributed by atoms with Crippen LogP contribution in [0.2, 0.25) is 5.02 Å². The summed E-state index contributed by atoms with van der Waals surface area (Å²) in [5.74, 6) is 2.29. The third-order valence-electron chi connectivity index (χ3n) is 4.37. The van der Waals surface area contributed by atoms with Crippen molar-refractivity contribution in [3.05, 3.63) is 52.0 Å². The molecule has 3 rings (SSSR count). The van der Waals surface area contributed by atoms with Gasteiger partial charge in [0.2, 0.25) is 0 Å². The van der Waals surface area contributed by atoms with Gasteiger partial charge in [0.25, 0.3) is 0 Å². The van der Waals surface area contributed by atoms with Gasteiger partial charge in [-0.1, -0.05) is 17.7 Å². The Labute approximate surface area is 154 Å². The molecule has 1 unspecified atom stereocenters. The number of methoxy groups -OCH3 is 1. The van der Waals surface area contributed by atoms with Gasteiger partial charge in [0, 0.05) is 6.54 Å². The highest BCUT2D eigenvalue weighted by Gasteiger charge is 2.24. The molecule has 1 aliphatic heterocycles. The molecule has 0 saturated carbocycles. The Morgan fingerprint density at radius 2 is 1.76 bits per heavy atom. The molecule has 0 fully saturated rings. The molecule has 5 heteroatoms. The van der Waals surface area contributed by atoms with E-state index in [4.69, 9.17) is 25.8 Å². The molecule has 25 heavy (non-hydrogen) atoms. The van der Waals surface area contributed by atoms with Gasteiger partial charge in [0.05, 0.1) is 31.4 Å². The van der Waals surface area contributed by atoms with Crippen LogP contribution in [0.25, 0.3) is 0 Å². The van der Waals surface area contributed by atoms with Gasteiger partial charge in [-0.15, -0.1) is 0 Å². The Hall–Kier alpha value is -1.91. The highest BCUT2D eigenvalue weighted by molar-refractivity contribution is 6.32. The van der Waals surface area contributed by atoms with E-state index in [1.807, 2.05) is 32.0 Å². The second kappa shape index (κ2) is 7.98. The van der Waals surface area contributed by atoms with E-state index >= 15 is 0 Å². The molecule has 0 radical (unpaired) electrons. The number of rotatable bonds is 6. The Balaban J connectivity index is 2.03. The number of ether oxygens (including phenoxy) is 3. The standard InChI is InChI=1S/C20H24ClNO3/c1-4-24-18-11-13-8-9-22-20(15(13)12-19(18)25-5-2)14-6-7-17(23-3)16(21)10-14/h6-7,10-12,20,22H,4-5,8-9H2,1-3H3. The van der Waals surface area contributed by atoms with E-state index in [1.54, 1.807) is 7.11 Å². The van der Waals surface area contributed by atoms with Gasteiger partial charge >= 0.3 is 0 Å². The molecule has 0 aromatic heterocycles. The van der Waals surface area contributed by atoms with E-state index in [2.05, 4.69) is 17.4 Å². The molecule has 1 aliphatic rings. The van der Waals surface area contributed by atoms with Gasteiger partial charge in [0.1, 0.15) is 5.75 Å². The van der Waals surface area contributed by atoms with Crippen LogP contribution in [0.1, 0.15) is 36.6 Å². The number of benzene rings is 2. The first-order chi connectivity index (χ1) is 12.2. The Bertz CT molecular complexity index is 748. The first-order valence-corrected chi connectivity index (χ1v) is 9.04. The Morgan fingerprint density at radius 3 is 2.40 bits per heavy atom. The van der Waals surface area contributed by atoms with Crippen molar-refractivity contribution < 1.29 is 14.2 Å². The lowest BCUT2D eigenvalue weighted by Crippen LogP contribution is -2.30. The molecule has 2 aromatic rings. The molecule has 0 amide bonds. The summed E-state index contributed by atoms with van der Waals surface area (Å²) in [4.78, 5) is 0. The first kappa shape index (κ1) is 17.9. The van der Waals surface area contributed by atoms with Gasteiger partial charge < -0.3 is 19.5 Å². The first-order valence-electron chi connectivity index (χ1n) is 8.67. The van der Waals surface area contributed by atoms with Crippen LogP contribution in [-0.4, -0.2) is 26.9 Å². The van der Waals surface area contributed by atoms with Crippen molar-refractivity contribution >= 4 is 11.6 Å². The van der Waals surface area contributed by atoms with E-state index in [9.17, 15) is 0 Å². The quantitative estimate of drug-likeness (QED) is 0.828. The monoisotopic (exact) mass is 361 g/mol. The second-order valence-electron chi connectivity index (χ2n) is 5.89. The van der Waals surface area contributed by atoms with Gasteiger partial charge in [-0.05, 0) is 61.2 Å². The maximum absolute atomic E-state index is 6.33. The molecule has 1 atom stereocenters. The molecule has 4 nitrogen and oxygen atoms in total. The van der Waals surface area contributed by atoms with Crippen LogP contribution in [0, 0.1) is 0 Å². The lowest BCUT2D eigenvalue weighted by atomic mass is 9.89. The van der Waals surface area contributed by atoms with Crippen LogP contribution in [0.4, 0.5) is 0 Å². The third-order valence-corrected chi connectivity index (χ3v) is 4.66. The largest absolute Gasteiger partial charge is 0.495 e. The van der Waals surface area contributed by atoms with Crippen molar-refractivity contribution in [1.82, 2.24) is 5.32 Å². The lowest BCUT2D eigenvalue weighted by molar-refractivity contribution is 0.286. The Morgan fingerprint density at radius 1 is 1.04 bits per heavy atom. The second-order valence-corrected chi connectivity index (χ2v) is 6.30. The van der Waals surface area contributed by atoms with Gasteiger partial charge in [-0.2, -0.15) is 0 Å². The van der Waals surface area contributed by atoms with Crippen molar-refractivity contribution in [2.24, 2.45) is 0 Å². The number of hydrogen-bond donors (Lipinski definition) is 1. The third kappa shape index (κ3) is 3.70. The predicted octanol–water partition coefficient (Wildman–Crippen LogP) is 4.38. The van der Waals surface area contributed by atoms with Crippen molar-refractivity contribution in [2.75, 3.05) is 26.9 Å². The molecular weight excluding hydrogens is 338 g/mol. The van der Waals surface area contributed by atoms with E-state index in [0.717, 1.165) is 30.0 Å². The number of nitrogens with one attached hydrogen (secondary N) is 1. The highest BCUT2D eigenvalue weighted by atomic mass is 35.5. The van der Waals surface area contributed by atoms with Crippen LogP contribution in [0.5, 0.6) is 17.2 Å². The zero-order valence-electron chi connectivity index (χ0n) is 14.9. The van der Waals surface area contributed by atoms with E-state index in [0.29, 0.717) is 24.0 Å². The molecule has 0 saturated heterocycles. The number of halogens is 1. The molecule has 1 heterocycles. The van der Waals surface area contributed by atoms with Crippen LogP contribution in [-0.2, 0) is 6.42 Å². The van der Waals surface area contributed by atoms with Crippen molar-refractivity contribution in [2.45, 2.75) is 26.3 Å². The van der Waals surface area contributed by atoms with Gasteiger partial charge in [-0.25, -0.2) is 0 Å². The fourth-order valence-electron chi connectivity index (χ4n) is 3.26. The average molecular weight is 362 g/mol. The van der Waals surface area contributed by atoms with Crippen LogP contribution in [0.3, 0.4) is 0 Å². The van der Waals surface area contributed by atoms with Gasteiger partial charge in [0.15, 0.2) is 11.5 Å². The topological polar surface area (TPSA) is 39.7 Å². The summed E-state index contributed by atoms with van der Waals surface area (Å²) in [6.07, 6.45) is 0.961. The maximum Gasteiger partial charge on any atom is 0.161 e. The molecule has 2 aromatic carbocycles. The smallest absolute Gasteiger partial charge is 0.161 e. The van der Waals surface area contributed by atoms with Gasteiger partial charge in [-0.3, -0.25) is 0 Å². The van der Waals surface area contributed by atoms with Crippen molar-refractivity contribution in [1.29, 1.82) is 0 Å². The van der Waals surface area contributed by atoms with Crippen molar-refractivity contribution in [3.63, 3.8) is 0 Å². The Kier molecular flexibility index (Phi) is 5.71. The van der Waals surface area contributed by atoms with Crippen LogP contribution in [0.15, 0.2) is 30.3 Å². The predicted molar refractivity (Wildman–Crippen MR) is 100 cm³/mol. The zero-order valence-corrected chi connectivity index (χ0v) is 15.7. The molecule has 1 N–H and O–H groups in total. The van der Waals surface area contributed by atoms with E-state index < -0.39 is 0 Å². The molecule has 134 valence electrons. The fraction of sp³-hybridized carbons (Fsp3) is 0.400. The summed E-state index contributed by atoms with van der Waals surface area (Å²) < 4.78 is 16.8. The summed E-state index contributed by atoms with van der Waals surface area (Å²) in [7, 11) is 1.62. The SMILES string of the molecule is CCOc1cc2c(cc1OCC)C(c1ccc(OC)c(Cl)c1)NCC2. The minimum atomic E-state index is 0.0713. The summed E-state index contributed by atoms with van der Waals surface area (Å²) in [5.41, 5.74) is 3.60. The average Bonchev–Trinajstić information content (AvgIpc) is 2.62. The van der Waals surface area contributed by atoms with Crippen LogP contribution < -0.4 is 19.5 Å². The van der Waals surface area contributed by atoms with Crippen LogP contribution >= 0.6 is 11.6 Å². The fourth-order valence-corrected chi connectivity index (χ4v) is 3.53. The molecular formula is C20H24ClNO3. The molecule has 0 bridgehead atoms. The summed E-state index contributed by atoms with van der Waals surface area (Å²) in [6.45, 7) is 6.09. The van der Waals surface area contributed by atoms with E-state index in [-0.39, 0.29) is 6.04 Å². The summed E-state index contributed by atoms with van der Waals surface area (Å²) in [6, 6.07) is 10.2. The number of fused-ring (bicyclic) bond motifs is 1. The summed E-state index contributed by atoms with van der Waals surface area (Å²) >= 11 is 6.33. The van der Waals surface area contributed by atoms with Crippen molar-refractivity contribution in [3.8, 4) is 17.2 Å². The number of hydrogen-bond acceptors (Lipinski definition) is 4. The molecule has 0 spiro atoms. The normalized spacial score (nSPS) is 16.2. The zero-order chi connectivity index (χ0) is 17.8.